The first-order valence-corrected chi connectivity index (χ1v) is 7.35. The lowest BCUT2D eigenvalue weighted by Crippen LogP contribution is -2.38. The molecule has 0 aliphatic carbocycles. The lowest BCUT2D eigenvalue weighted by atomic mass is 10.2. The van der Waals surface area contributed by atoms with Crippen molar-refractivity contribution < 1.29 is 9.09 Å². The van der Waals surface area contributed by atoms with Crippen molar-refractivity contribution in [2.45, 2.75) is 46.2 Å². The highest BCUT2D eigenvalue weighted by atomic mass is 31.2. The van der Waals surface area contributed by atoms with Gasteiger partial charge in [-0.25, -0.2) is 4.67 Å². The Balaban J connectivity index is 2.87. The smallest absolute Gasteiger partial charge is 0.277 e. The van der Waals surface area contributed by atoms with Crippen LogP contribution in [-0.4, -0.2) is 29.5 Å². The van der Waals surface area contributed by atoms with E-state index in [0.29, 0.717) is 12.5 Å². The van der Waals surface area contributed by atoms with Crippen molar-refractivity contribution in [2.24, 2.45) is 5.92 Å². The van der Waals surface area contributed by atoms with E-state index in [-0.39, 0.29) is 5.16 Å². The third-order valence-electron chi connectivity index (χ3n) is 2.62. The van der Waals surface area contributed by atoms with Gasteiger partial charge < -0.3 is 4.52 Å². The molecule has 0 N–H and O–H groups in total. The molecule has 1 atom stereocenters. The Kier molecular flexibility index (Phi) is 4.02. The van der Waals surface area contributed by atoms with Gasteiger partial charge in [0.25, 0.3) is 7.52 Å². The Bertz CT molecular complexity index is 258. The zero-order valence-corrected chi connectivity index (χ0v) is 11.5. The first-order chi connectivity index (χ1) is 6.77. The van der Waals surface area contributed by atoms with Crippen LogP contribution in [0.2, 0.25) is 0 Å². The molecule has 3 nitrogen and oxygen atoms in total. The summed E-state index contributed by atoms with van der Waals surface area (Å²) in [7, 11) is -2.63. The number of hydrogen-bond acceptors (Lipinski definition) is 2. The fourth-order valence-electron chi connectivity index (χ4n) is 1.89. The fourth-order valence-corrected chi connectivity index (χ4v) is 4.61. The summed E-state index contributed by atoms with van der Waals surface area (Å²) < 4.78 is 20.5. The molecule has 0 saturated carbocycles. The molecule has 4 heteroatoms. The Hall–Kier alpha value is 0.150. The van der Waals surface area contributed by atoms with Gasteiger partial charge in [-0.2, -0.15) is 0 Å². The van der Waals surface area contributed by atoms with E-state index in [0.717, 1.165) is 19.5 Å². The molecule has 0 bridgehead atoms. The van der Waals surface area contributed by atoms with Gasteiger partial charge in [-0.05, 0) is 33.1 Å². The third kappa shape index (κ3) is 2.83. The van der Waals surface area contributed by atoms with Crippen LogP contribution in [0.4, 0.5) is 0 Å². The largest absolute Gasteiger partial charge is 0.317 e. The van der Waals surface area contributed by atoms with Crippen LogP contribution in [0.3, 0.4) is 0 Å². The SMILES string of the molecule is CC(C)CN1CCCO[P@@]1(=O)C(C)(C)C. The molecule has 1 aliphatic heterocycles. The Morgan fingerprint density at radius 1 is 1.40 bits per heavy atom. The zero-order valence-electron chi connectivity index (χ0n) is 10.6. The second-order valence-electron chi connectivity index (χ2n) is 5.68. The quantitative estimate of drug-likeness (QED) is 0.685. The van der Waals surface area contributed by atoms with Gasteiger partial charge in [-0.1, -0.05) is 13.8 Å². The molecule has 0 aromatic carbocycles. The van der Waals surface area contributed by atoms with Crippen LogP contribution in [0.15, 0.2) is 0 Å². The highest BCUT2D eigenvalue weighted by Gasteiger charge is 2.45. The van der Waals surface area contributed by atoms with Crippen LogP contribution < -0.4 is 0 Å². The molecule has 1 rings (SSSR count). The van der Waals surface area contributed by atoms with Crippen molar-refractivity contribution in [1.29, 1.82) is 0 Å². The first-order valence-electron chi connectivity index (χ1n) is 5.77. The minimum Gasteiger partial charge on any atom is -0.317 e. The molecule has 0 radical (unpaired) electrons. The average molecular weight is 233 g/mol. The molecule has 1 aliphatic rings. The third-order valence-corrected chi connectivity index (χ3v) is 5.96. The number of rotatable bonds is 2. The van der Waals surface area contributed by atoms with Gasteiger partial charge in [0.05, 0.1) is 11.8 Å². The van der Waals surface area contributed by atoms with E-state index in [2.05, 4.69) is 18.5 Å². The first kappa shape index (κ1) is 13.2. The van der Waals surface area contributed by atoms with Crippen molar-refractivity contribution in [3.05, 3.63) is 0 Å². The molecule has 1 heterocycles. The summed E-state index contributed by atoms with van der Waals surface area (Å²) in [6, 6.07) is 0. The van der Waals surface area contributed by atoms with Crippen molar-refractivity contribution in [3.63, 3.8) is 0 Å². The summed E-state index contributed by atoms with van der Waals surface area (Å²) in [4.78, 5) is 0. The maximum atomic E-state index is 12.8. The monoisotopic (exact) mass is 233 g/mol. The summed E-state index contributed by atoms with van der Waals surface area (Å²) >= 11 is 0. The van der Waals surface area contributed by atoms with Crippen LogP contribution >= 0.6 is 7.52 Å². The summed E-state index contributed by atoms with van der Waals surface area (Å²) in [6.45, 7) is 12.7. The van der Waals surface area contributed by atoms with E-state index in [1.54, 1.807) is 0 Å². The normalized spacial score (nSPS) is 29.7. The van der Waals surface area contributed by atoms with Crippen molar-refractivity contribution in [2.75, 3.05) is 19.7 Å². The van der Waals surface area contributed by atoms with Crippen molar-refractivity contribution >= 4 is 7.52 Å². The predicted molar refractivity (Wildman–Crippen MR) is 64.3 cm³/mol. The minimum absolute atomic E-state index is 0.275. The number of nitrogens with zero attached hydrogens (tertiary/aromatic N) is 1. The molecular formula is C11H24NO2P. The van der Waals surface area contributed by atoms with Gasteiger partial charge in [0.2, 0.25) is 0 Å². The second-order valence-corrected chi connectivity index (χ2v) is 8.89. The highest BCUT2D eigenvalue weighted by Crippen LogP contribution is 2.63. The molecule has 0 aromatic heterocycles. The summed E-state index contributed by atoms with van der Waals surface area (Å²) in [5.41, 5.74) is 0. The van der Waals surface area contributed by atoms with Gasteiger partial charge >= 0.3 is 0 Å². The zero-order chi connectivity index (χ0) is 11.7. The fraction of sp³-hybridized carbons (Fsp3) is 1.00. The molecular weight excluding hydrogens is 209 g/mol. The van der Waals surface area contributed by atoms with E-state index in [9.17, 15) is 4.57 Å². The summed E-state index contributed by atoms with van der Waals surface area (Å²) in [6.07, 6.45) is 0.993. The maximum absolute atomic E-state index is 12.8. The summed E-state index contributed by atoms with van der Waals surface area (Å²) in [5, 5.41) is -0.275. The molecule has 0 amide bonds. The molecule has 0 aromatic rings. The topological polar surface area (TPSA) is 29.5 Å². The van der Waals surface area contributed by atoms with Gasteiger partial charge in [0, 0.05) is 13.1 Å². The molecule has 1 fully saturated rings. The van der Waals surface area contributed by atoms with E-state index < -0.39 is 7.52 Å². The van der Waals surface area contributed by atoms with Crippen LogP contribution in [0.25, 0.3) is 0 Å². The van der Waals surface area contributed by atoms with Gasteiger partial charge in [0.1, 0.15) is 0 Å². The van der Waals surface area contributed by atoms with Crippen molar-refractivity contribution in [1.82, 2.24) is 4.67 Å². The maximum Gasteiger partial charge on any atom is 0.277 e. The Morgan fingerprint density at radius 2 is 2.00 bits per heavy atom. The van der Waals surface area contributed by atoms with Crippen LogP contribution in [0, 0.1) is 5.92 Å². The van der Waals surface area contributed by atoms with Crippen molar-refractivity contribution in [3.8, 4) is 0 Å². The van der Waals surface area contributed by atoms with Gasteiger partial charge in [-0.15, -0.1) is 0 Å². The lowest BCUT2D eigenvalue weighted by Gasteiger charge is -2.42. The predicted octanol–water partition coefficient (Wildman–Crippen LogP) is 3.36. The van der Waals surface area contributed by atoms with Crippen LogP contribution in [-0.2, 0) is 9.09 Å². The number of hydrogen-bond donors (Lipinski definition) is 0. The van der Waals surface area contributed by atoms with E-state index in [4.69, 9.17) is 4.52 Å². The summed E-state index contributed by atoms with van der Waals surface area (Å²) in [5.74, 6) is 0.530. The van der Waals surface area contributed by atoms with E-state index >= 15 is 0 Å². The average Bonchev–Trinajstić information content (AvgIpc) is 2.06. The molecule has 90 valence electrons. The minimum atomic E-state index is -2.63. The second kappa shape index (κ2) is 4.57. The Labute approximate surface area is 93.7 Å². The highest BCUT2D eigenvalue weighted by molar-refractivity contribution is 7.58. The van der Waals surface area contributed by atoms with Crippen LogP contribution in [0.5, 0.6) is 0 Å². The Morgan fingerprint density at radius 3 is 2.47 bits per heavy atom. The van der Waals surface area contributed by atoms with Gasteiger partial charge in [-0.3, -0.25) is 4.57 Å². The molecule has 0 unspecified atom stereocenters. The molecule has 1 saturated heterocycles. The van der Waals surface area contributed by atoms with Crippen LogP contribution in [0.1, 0.15) is 41.0 Å². The molecule has 0 spiro atoms. The van der Waals surface area contributed by atoms with E-state index in [1.165, 1.54) is 0 Å². The van der Waals surface area contributed by atoms with Gasteiger partial charge in [0.15, 0.2) is 0 Å². The van der Waals surface area contributed by atoms with E-state index in [1.807, 2.05) is 20.8 Å². The molecule has 15 heavy (non-hydrogen) atoms. The standard InChI is InChI=1S/C11H24NO2P/c1-10(2)9-12-7-6-8-14-15(12,13)11(3,4)5/h10H,6-9H2,1-5H3/t15-/m0/s1. The lowest BCUT2D eigenvalue weighted by molar-refractivity contribution is 0.184.